The molecule has 1 aliphatic heterocycles. The predicted octanol–water partition coefficient (Wildman–Crippen LogP) is 6.23. The van der Waals surface area contributed by atoms with Gasteiger partial charge >= 0.3 is 0 Å². The van der Waals surface area contributed by atoms with E-state index in [1.54, 1.807) is 4.90 Å². The molecule has 0 bridgehead atoms. The van der Waals surface area contributed by atoms with Crippen molar-refractivity contribution >= 4 is 40.1 Å². The van der Waals surface area contributed by atoms with Gasteiger partial charge in [0, 0.05) is 18.7 Å². The minimum atomic E-state index is -0.498. The average Bonchev–Trinajstić information content (AvgIpc) is 2.77. The number of carbonyl (C=O) groups is 2. The Hall–Kier alpha value is -2.60. The van der Waals surface area contributed by atoms with Gasteiger partial charge in [-0.2, -0.15) is 0 Å². The predicted molar refractivity (Wildman–Crippen MR) is 135 cm³/mol. The number of thioether (sulfide) groups is 1. The molecule has 2 aromatic rings. The molecule has 6 heteroatoms. The summed E-state index contributed by atoms with van der Waals surface area (Å²) in [6, 6.07) is 15.5. The lowest BCUT2D eigenvalue weighted by Gasteiger charge is -2.32. The number of nitrogens with zero attached hydrogens (tertiary/aromatic N) is 2. The van der Waals surface area contributed by atoms with Crippen LogP contribution >= 0.6 is 11.8 Å². The Kier molecular flexibility index (Phi) is 8.91. The number of unbranched alkanes of at least 4 members (excludes halogenated alkanes) is 4. The molecule has 1 unspecified atom stereocenters. The van der Waals surface area contributed by atoms with Crippen LogP contribution in [-0.4, -0.2) is 33.7 Å². The number of carbonyl (C=O) groups excluding carboxylic acids is 2. The molecule has 3 rings (SSSR count). The molecule has 1 aliphatic rings. The fraction of sp³-hybridized carbons (Fsp3) is 0.423. The molecule has 170 valence electrons. The molecule has 0 saturated carbocycles. The highest BCUT2D eigenvalue weighted by molar-refractivity contribution is 8.15. The highest BCUT2D eigenvalue weighted by atomic mass is 32.2. The third-order valence-corrected chi connectivity index (χ3v) is 6.73. The quantitative estimate of drug-likeness (QED) is 0.459. The summed E-state index contributed by atoms with van der Waals surface area (Å²) in [6.45, 7) is 6.84. The van der Waals surface area contributed by atoms with Crippen LogP contribution in [0.1, 0.15) is 56.6 Å². The van der Waals surface area contributed by atoms with Crippen LogP contribution in [0.3, 0.4) is 0 Å². The lowest BCUT2D eigenvalue weighted by molar-refractivity contribution is -0.129. The van der Waals surface area contributed by atoms with Gasteiger partial charge in [-0.1, -0.05) is 80.3 Å². The van der Waals surface area contributed by atoms with E-state index >= 15 is 0 Å². The van der Waals surface area contributed by atoms with E-state index in [0.717, 1.165) is 35.3 Å². The molecule has 5 nitrogen and oxygen atoms in total. The third-order valence-electron chi connectivity index (χ3n) is 5.54. The Morgan fingerprint density at radius 1 is 1.09 bits per heavy atom. The van der Waals surface area contributed by atoms with Crippen molar-refractivity contribution in [2.45, 2.75) is 64.5 Å². The first-order chi connectivity index (χ1) is 15.5. The minimum Gasteiger partial charge on any atom is -0.325 e. The maximum absolute atomic E-state index is 13.0. The normalized spacial score (nSPS) is 17.6. The molecule has 0 spiro atoms. The first-order valence-electron chi connectivity index (χ1n) is 11.5. The first kappa shape index (κ1) is 24.1. The van der Waals surface area contributed by atoms with Crippen LogP contribution in [0.4, 0.5) is 11.4 Å². The van der Waals surface area contributed by atoms with Gasteiger partial charge in [0.25, 0.3) is 0 Å². The lowest BCUT2D eigenvalue weighted by atomic mass is 10.1. The Morgan fingerprint density at radius 2 is 1.84 bits per heavy atom. The fourth-order valence-corrected chi connectivity index (χ4v) is 4.84. The summed E-state index contributed by atoms with van der Waals surface area (Å²) in [5.74, 6) is -0.187. The number of hydrogen-bond acceptors (Lipinski definition) is 4. The molecule has 0 aliphatic carbocycles. The van der Waals surface area contributed by atoms with Crippen molar-refractivity contribution in [3.63, 3.8) is 0 Å². The standard InChI is InChI=1S/C26H33N3O2S/c1-4-5-6-7-11-16-29-24(30)18-23(32-26(29)27-21-12-9-8-10-13-21)25(31)28-22-15-14-19(2)17-20(22)3/h8-10,12-15,17,23H,4-7,11,16,18H2,1-3H3,(H,28,31). The number of amidine groups is 1. The summed E-state index contributed by atoms with van der Waals surface area (Å²) >= 11 is 1.39. The van der Waals surface area contributed by atoms with Crippen molar-refractivity contribution in [1.82, 2.24) is 4.90 Å². The number of para-hydroxylation sites is 1. The van der Waals surface area contributed by atoms with Crippen molar-refractivity contribution in [1.29, 1.82) is 0 Å². The van der Waals surface area contributed by atoms with Gasteiger partial charge in [0.05, 0.1) is 5.69 Å². The van der Waals surface area contributed by atoms with Gasteiger partial charge < -0.3 is 5.32 Å². The molecule has 32 heavy (non-hydrogen) atoms. The summed E-state index contributed by atoms with van der Waals surface area (Å²) in [5, 5.41) is 3.12. The van der Waals surface area contributed by atoms with Crippen LogP contribution in [0.15, 0.2) is 53.5 Å². The summed E-state index contributed by atoms with van der Waals surface area (Å²) in [5.41, 5.74) is 3.73. The number of anilines is 1. The molecule has 0 radical (unpaired) electrons. The van der Waals surface area contributed by atoms with E-state index in [2.05, 4.69) is 12.2 Å². The van der Waals surface area contributed by atoms with Gasteiger partial charge in [0.2, 0.25) is 11.8 Å². The van der Waals surface area contributed by atoms with Crippen LogP contribution in [-0.2, 0) is 9.59 Å². The van der Waals surface area contributed by atoms with Gasteiger partial charge in [-0.25, -0.2) is 4.99 Å². The van der Waals surface area contributed by atoms with Crippen LogP contribution < -0.4 is 5.32 Å². The highest BCUT2D eigenvalue weighted by Crippen LogP contribution is 2.30. The molecular formula is C26H33N3O2S. The van der Waals surface area contributed by atoms with E-state index in [1.165, 1.54) is 31.0 Å². The molecule has 1 saturated heterocycles. The second kappa shape index (κ2) is 11.9. The number of hydrogen-bond donors (Lipinski definition) is 1. The first-order valence-corrected chi connectivity index (χ1v) is 12.3. The second-order valence-corrected chi connectivity index (χ2v) is 9.48. The Labute approximate surface area is 195 Å². The molecule has 2 amide bonds. The van der Waals surface area contributed by atoms with E-state index in [9.17, 15) is 9.59 Å². The maximum Gasteiger partial charge on any atom is 0.238 e. The molecule has 2 aromatic carbocycles. The minimum absolute atomic E-state index is 0.0327. The summed E-state index contributed by atoms with van der Waals surface area (Å²) in [4.78, 5) is 32.6. The molecular weight excluding hydrogens is 418 g/mol. The van der Waals surface area contributed by atoms with Gasteiger partial charge in [-0.05, 0) is 44.0 Å². The zero-order valence-electron chi connectivity index (χ0n) is 19.3. The van der Waals surface area contributed by atoms with E-state index in [-0.39, 0.29) is 18.2 Å². The number of amides is 2. The van der Waals surface area contributed by atoms with Crippen LogP contribution in [0.5, 0.6) is 0 Å². The molecule has 1 N–H and O–H groups in total. The lowest BCUT2D eigenvalue weighted by Crippen LogP contribution is -2.45. The van der Waals surface area contributed by atoms with E-state index in [1.807, 2.05) is 62.4 Å². The monoisotopic (exact) mass is 451 g/mol. The van der Waals surface area contributed by atoms with E-state index in [0.29, 0.717) is 11.7 Å². The van der Waals surface area contributed by atoms with E-state index < -0.39 is 5.25 Å². The van der Waals surface area contributed by atoms with Gasteiger partial charge in [-0.3, -0.25) is 14.5 Å². The molecule has 1 atom stereocenters. The Morgan fingerprint density at radius 3 is 2.56 bits per heavy atom. The van der Waals surface area contributed by atoms with Crippen molar-refractivity contribution in [3.05, 3.63) is 59.7 Å². The number of aryl methyl sites for hydroxylation is 2. The number of rotatable bonds is 9. The van der Waals surface area contributed by atoms with Gasteiger partial charge in [-0.15, -0.1) is 0 Å². The highest BCUT2D eigenvalue weighted by Gasteiger charge is 2.35. The van der Waals surface area contributed by atoms with Gasteiger partial charge in [0.1, 0.15) is 5.25 Å². The molecule has 0 aromatic heterocycles. The van der Waals surface area contributed by atoms with Crippen LogP contribution in [0.2, 0.25) is 0 Å². The van der Waals surface area contributed by atoms with Crippen molar-refractivity contribution in [3.8, 4) is 0 Å². The van der Waals surface area contributed by atoms with Crippen LogP contribution in [0.25, 0.3) is 0 Å². The fourth-order valence-electron chi connectivity index (χ4n) is 3.71. The van der Waals surface area contributed by atoms with Crippen molar-refractivity contribution in [2.24, 2.45) is 4.99 Å². The zero-order chi connectivity index (χ0) is 22.9. The van der Waals surface area contributed by atoms with Gasteiger partial charge in [0.15, 0.2) is 5.17 Å². The number of benzene rings is 2. The van der Waals surface area contributed by atoms with Crippen molar-refractivity contribution in [2.75, 3.05) is 11.9 Å². The van der Waals surface area contributed by atoms with Crippen LogP contribution in [0, 0.1) is 13.8 Å². The van der Waals surface area contributed by atoms with Crippen molar-refractivity contribution < 1.29 is 9.59 Å². The zero-order valence-corrected chi connectivity index (χ0v) is 20.1. The molecule has 1 fully saturated rings. The summed E-state index contributed by atoms with van der Waals surface area (Å²) < 4.78 is 0. The Bertz CT molecular complexity index is 959. The topological polar surface area (TPSA) is 61.8 Å². The Balaban J connectivity index is 1.74. The van der Waals surface area contributed by atoms with E-state index in [4.69, 9.17) is 4.99 Å². The SMILES string of the molecule is CCCCCCCN1C(=O)CC(C(=O)Nc2ccc(C)cc2C)SC1=Nc1ccccc1. The number of aliphatic imine (C=N–C) groups is 1. The maximum atomic E-state index is 13.0. The average molecular weight is 452 g/mol. The summed E-state index contributed by atoms with van der Waals surface area (Å²) in [6.07, 6.45) is 5.81. The smallest absolute Gasteiger partial charge is 0.238 e. The molecule has 1 heterocycles. The second-order valence-electron chi connectivity index (χ2n) is 8.31. The third kappa shape index (κ3) is 6.70. The summed E-state index contributed by atoms with van der Waals surface area (Å²) in [7, 11) is 0. The largest absolute Gasteiger partial charge is 0.325 e. The number of nitrogens with one attached hydrogen (secondary N) is 1.